The molecule has 8 heteroatoms. The lowest BCUT2D eigenvalue weighted by Gasteiger charge is -2.13. The fourth-order valence-electron chi connectivity index (χ4n) is 2.82. The first-order valence-electron chi connectivity index (χ1n) is 8.66. The maximum atomic E-state index is 14.2. The van der Waals surface area contributed by atoms with E-state index in [0.29, 0.717) is 6.07 Å². The van der Waals surface area contributed by atoms with Crippen LogP contribution in [0.25, 0.3) is 10.8 Å². The Morgan fingerprint density at radius 2 is 1.69 bits per heavy atom. The molecule has 0 atom stereocenters. The number of alkyl halides is 3. The predicted octanol–water partition coefficient (Wildman–Crippen LogP) is 6.19. The molecule has 0 spiro atoms. The summed E-state index contributed by atoms with van der Waals surface area (Å²) >= 11 is 0. The summed E-state index contributed by atoms with van der Waals surface area (Å²) in [4.78, 5) is 12.2. The Balaban J connectivity index is 1.86. The summed E-state index contributed by atoms with van der Waals surface area (Å²) in [6, 6.07) is 10.9. The van der Waals surface area contributed by atoms with Crippen molar-refractivity contribution in [2.75, 3.05) is 0 Å². The topological polar surface area (TPSA) is 35.5 Å². The molecule has 0 aliphatic heterocycles. The maximum Gasteiger partial charge on any atom is 0.573 e. The molecule has 0 aromatic heterocycles. The summed E-state index contributed by atoms with van der Waals surface area (Å²) in [6.45, 7) is 2.03. The van der Waals surface area contributed by atoms with Crippen LogP contribution in [0.3, 0.4) is 0 Å². The average molecular weight is 410 g/mol. The molecule has 0 aliphatic carbocycles. The number of halogens is 5. The molecule has 0 unspecified atom stereocenters. The molecular formula is C21H15F5O3. The molecule has 0 amide bonds. The van der Waals surface area contributed by atoms with E-state index in [1.807, 2.05) is 6.92 Å². The smallest absolute Gasteiger partial charge is 0.423 e. The van der Waals surface area contributed by atoms with Crippen molar-refractivity contribution in [2.24, 2.45) is 0 Å². The Morgan fingerprint density at radius 1 is 1.00 bits per heavy atom. The van der Waals surface area contributed by atoms with Gasteiger partial charge in [0.1, 0.15) is 5.75 Å². The van der Waals surface area contributed by atoms with Gasteiger partial charge in [-0.15, -0.1) is 13.2 Å². The first kappa shape index (κ1) is 20.6. The van der Waals surface area contributed by atoms with Crippen LogP contribution in [0.5, 0.6) is 11.5 Å². The van der Waals surface area contributed by atoms with Gasteiger partial charge in [-0.2, -0.15) is 0 Å². The number of ether oxygens (including phenoxy) is 2. The summed E-state index contributed by atoms with van der Waals surface area (Å²) in [5, 5.41) is -0.396. The summed E-state index contributed by atoms with van der Waals surface area (Å²) in [6.07, 6.45) is -3.40. The van der Waals surface area contributed by atoms with Gasteiger partial charge in [-0.3, -0.25) is 0 Å². The van der Waals surface area contributed by atoms with Crippen LogP contribution in [0.4, 0.5) is 22.0 Å². The Kier molecular flexibility index (Phi) is 5.72. The molecule has 0 aliphatic rings. The van der Waals surface area contributed by atoms with E-state index in [0.717, 1.165) is 30.5 Å². The molecule has 0 radical (unpaired) electrons. The zero-order valence-electron chi connectivity index (χ0n) is 15.1. The van der Waals surface area contributed by atoms with Crippen LogP contribution in [0.1, 0.15) is 29.3 Å². The van der Waals surface area contributed by atoms with Crippen molar-refractivity contribution in [3.63, 3.8) is 0 Å². The van der Waals surface area contributed by atoms with Gasteiger partial charge in [0.25, 0.3) is 0 Å². The van der Waals surface area contributed by atoms with Crippen LogP contribution in [0, 0.1) is 11.6 Å². The summed E-state index contributed by atoms with van der Waals surface area (Å²) in [5.74, 6) is -5.25. The van der Waals surface area contributed by atoms with Crippen LogP contribution in [-0.2, 0) is 6.42 Å². The number of aryl methyl sites for hydroxylation is 1. The van der Waals surface area contributed by atoms with E-state index >= 15 is 0 Å². The molecule has 0 fully saturated rings. The number of rotatable bonds is 5. The number of hydrogen-bond donors (Lipinski definition) is 0. The monoisotopic (exact) mass is 410 g/mol. The van der Waals surface area contributed by atoms with Crippen molar-refractivity contribution in [3.8, 4) is 11.5 Å². The normalized spacial score (nSPS) is 11.5. The Labute approximate surface area is 162 Å². The fourth-order valence-corrected chi connectivity index (χ4v) is 2.82. The van der Waals surface area contributed by atoms with Crippen molar-refractivity contribution in [2.45, 2.75) is 26.1 Å². The lowest BCUT2D eigenvalue weighted by Crippen LogP contribution is -2.19. The summed E-state index contributed by atoms with van der Waals surface area (Å²) in [7, 11) is 0. The Bertz CT molecular complexity index is 1040. The third-order valence-corrected chi connectivity index (χ3v) is 4.11. The second-order valence-electron chi connectivity index (χ2n) is 6.27. The van der Waals surface area contributed by atoms with Crippen molar-refractivity contribution < 1.29 is 36.2 Å². The molecule has 152 valence electrons. The highest BCUT2D eigenvalue weighted by Crippen LogP contribution is 2.35. The highest BCUT2D eigenvalue weighted by atomic mass is 19.4. The van der Waals surface area contributed by atoms with Gasteiger partial charge in [-0.1, -0.05) is 25.5 Å². The van der Waals surface area contributed by atoms with E-state index in [-0.39, 0.29) is 22.1 Å². The number of carbonyl (C=O) groups excluding carboxylic acids is 1. The number of hydrogen-bond acceptors (Lipinski definition) is 3. The lowest BCUT2D eigenvalue weighted by molar-refractivity contribution is -0.276. The minimum atomic E-state index is -5.24. The van der Waals surface area contributed by atoms with E-state index < -0.39 is 29.7 Å². The molecule has 3 aromatic carbocycles. The number of benzene rings is 3. The molecule has 3 aromatic rings. The largest absolute Gasteiger partial charge is 0.573 e. The standard InChI is InChI=1S/C21H15F5O3/c1-2-3-12-4-6-13(7-5-12)20(27)28-15-8-9-16-14(10-15)11-17(22)19(18(16)23)29-21(24,25)26/h4-11H,2-3H2,1H3. The number of carbonyl (C=O) groups is 1. The van der Waals surface area contributed by atoms with Crippen LogP contribution < -0.4 is 9.47 Å². The number of esters is 1. The molecular weight excluding hydrogens is 395 g/mol. The van der Waals surface area contributed by atoms with Crippen LogP contribution in [-0.4, -0.2) is 12.3 Å². The first-order chi connectivity index (χ1) is 13.7. The highest BCUT2D eigenvalue weighted by molar-refractivity contribution is 5.92. The van der Waals surface area contributed by atoms with Gasteiger partial charge in [-0.05, 0) is 53.8 Å². The Morgan fingerprint density at radius 3 is 2.31 bits per heavy atom. The van der Waals surface area contributed by atoms with E-state index in [2.05, 4.69) is 4.74 Å². The lowest BCUT2D eigenvalue weighted by atomic mass is 10.1. The first-order valence-corrected chi connectivity index (χ1v) is 8.66. The van der Waals surface area contributed by atoms with E-state index in [4.69, 9.17) is 4.74 Å². The zero-order valence-corrected chi connectivity index (χ0v) is 15.1. The van der Waals surface area contributed by atoms with E-state index in [1.165, 1.54) is 6.07 Å². The molecule has 0 N–H and O–H groups in total. The van der Waals surface area contributed by atoms with Crippen molar-refractivity contribution >= 4 is 16.7 Å². The number of fused-ring (bicyclic) bond motifs is 1. The molecule has 0 bridgehead atoms. The van der Waals surface area contributed by atoms with Gasteiger partial charge in [0.15, 0.2) is 11.6 Å². The van der Waals surface area contributed by atoms with Crippen LogP contribution in [0.15, 0.2) is 48.5 Å². The third-order valence-electron chi connectivity index (χ3n) is 4.11. The Hall–Kier alpha value is -3.16. The molecule has 29 heavy (non-hydrogen) atoms. The summed E-state index contributed by atoms with van der Waals surface area (Å²) < 4.78 is 73.7. The third kappa shape index (κ3) is 4.82. The minimum Gasteiger partial charge on any atom is -0.423 e. The molecule has 0 heterocycles. The SMILES string of the molecule is CCCc1ccc(C(=O)Oc2ccc3c(F)c(OC(F)(F)F)c(F)cc3c2)cc1. The minimum absolute atomic E-state index is 0.0107. The average Bonchev–Trinajstić information content (AvgIpc) is 2.65. The van der Waals surface area contributed by atoms with Crippen LogP contribution >= 0.6 is 0 Å². The second-order valence-corrected chi connectivity index (χ2v) is 6.27. The molecule has 3 rings (SSSR count). The maximum absolute atomic E-state index is 14.2. The summed E-state index contributed by atoms with van der Waals surface area (Å²) in [5.41, 5.74) is 1.36. The highest BCUT2D eigenvalue weighted by Gasteiger charge is 2.34. The van der Waals surface area contributed by atoms with Crippen molar-refractivity contribution in [1.82, 2.24) is 0 Å². The van der Waals surface area contributed by atoms with Gasteiger partial charge in [0.05, 0.1) is 5.56 Å². The van der Waals surface area contributed by atoms with Crippen molar-refractivity contribution in [3.05, 3.63) is 71.3 Å². The van der Waals surface area contributed by atoms with E-state index in [1.54, 1.807) is 24.3 Å². The molecule has 0 saturated heterocycles. The quantitative estimate of drug-likeness (QED) is 0.286. The molecule has 0 saturated carbocycles. The zero-order chi connectivity index (χ0) is 21.2. The van der Waals surface area contributed by atoms with Gasteiger partial charge >= 0.3 is 12.3 Å². The fraction of sp³-hybridized carbons (Fsp3) is 0.190. The van der Waals surface area contributed by atoms with Crippen LogP contribution in [0.2, 0.25) is 0 Å². The predicted molar refractivity (Wildman–Crippen MR) is 95.9 cm³/mol. The second kappa shape index (κ2) is 8.06. The van der Waals surface area contributed by atoms with Crippen molar-refractivity contribution in [1.29, 1.82) is 0 Å². The molecule has 3 nitrogen and oxygen atoms in total. The van der Waals surface area contributed by atoms with Gasteiger partial charge in [-0.25, -0.2) is 13.6 Å². The van der Waals surface area contributed by atoms with Gasteiger partial charge in [0, 0.05) is 5.39 Å². The van der Waals surface area contributed by atoms with Gasteiger partial charge in [0.2, 0.25) is 5.75 Å². The van der Waals surface area contributed by atoms with Gasteiger partial charge < -0.3 is 9.47 Å². The van der Waals surface area contributed by atoms with E-state index in [9.17, 15) is 26.7 Å².